The number of benzene rings is 2. The van der Waals surface area contributed by atoms with Gasteiger partial charge < -0.3 is 10.4 Å². The number of carboxylic acid groups (broad SMARTS) is 1. The van der Waals surface area contributed by atoms with Crippen molar-refractivity contribution in [3.63, 3.8) is 0 Å². The van der Waals surface area contributed by atoms with Crippen molar-refractivity contribution in [1.82, 2.24) is 5.32 Å². The monoisotopic (exact) mass is 267 g/mol. The Morgan fingerprint density at radius 1 is 1.20 bits per heavy atom. The van der Waals surface area contributed by atoms with Crippen LogP contribution in [0.3, 0.4) is 0 Å². The number of carbonyl (C=O) groups is 1. The maximum Gasteiger partial charge on any atom is 0.335 e. The minimum Gasteiger partial charge on any atom is -0.478 e. The molecule has 1 aliphatic heterocycles. The lowest BCUT2D eigenvalue weighted by Gasteiger charge is -2.22. The largest absolute Gasteiger partial charge is 0.478 e. The van der Waals surface area contributed by atoms with E-state index < -0.39 is 5.97 Å². The van der Waals surface area contributed by atoms with Crippen molar-refractivity contribution in [2.24, 2.45) is 0 Å². The summed E-state index contributed by atoms with van der Waals surface area (Å²) in [6, 6.07) is 11.4. The Bertz CT molecular complexity index is 677. The molecule has 3 heteroatoms. The van der Waals surface area contributed by atoms with Crippen molar-refractivity contribution in [2.45, 2.75) is 19.9 Å². The van der Waals surface area contributed by atoms with Crippen molar-refractivity contribution >= 4 is 5.97 Å². The maximum absolute atomic E-state index is 11.1. The summed E-state index contributed by atoms with van der Waals surface area (Å²) < 4.78 is 0. The second kappa shape index (κ2) is 5.10. The van der Waals surface area contributed by atoms with Gasteiger partial charge in [-0.3, -0.25) is 0 Å². The molecule has 2 aromatic rings. The number of fused-ring (bicyclic) bond motifs is 1. The van der Waals surface area contributed by atoms with Crippen LogP contribution in [-0.2, 0) is 13.0 Å². The summed E-state index contributed by atoms with van der Waals surface area (Å²) in [5, 5.41) is 12.5. The molecule has 1 heterocycles. The number of hydrogen-bond donors (Lipinski definition) is 2. The molecule has 2 aromatic carbocycles. The highest BCUT2D eigenvalue weighted by Crippen LogP contribution is 2.30. The van der Waals surface area contributed by atoms with Gasteiger partial charge in [0.2, 0.25) is 0 Å². The van der Waals surface area contributed by atoms with Crippen LogP contribution in [0, 0.1) is 6.92 Å². The summed E-state index contributed by atoms with van der Waals surface area (Å²) in [5.41, 5.74) is 6.50. The van der Waals surface area contributed by atoms with Crippen molar-refractivity contribution < 1.29 is 9.90 Å². The first kappa shape index (κ1) is 12.9. The van der Waals surface area contributed by atoms with Gasteiger partial charge in [-0.1, -0.05) is 24.3 Å². The predicted molar refractivity (Wildman–Crippen MR) is 79.0 cm³/mol. The fourth-order valence-corrected chi connectivity index (χ4v) is 2.86. The molecule has 2 N–H and O–H groups in total. The van der Waals surface area contributed by atoms with Gasteiger partial charge in [0, 0.05) is 6.54 Å². The molecule has 0 radical (unpaired) electrons. The van der Waals surface area contributed by atoms with E-state index >= 15 is 0 Å². The van der Waals surface area contributed by atoms with Crippen molar-refractivity contribution in [3.8, 4) is 11.1 Å². The Hall–Kier alpha value is -2.13. The summed E-state index contributed by atoms with van der Waals surface area (Å²) in [6.45, 7) is 4.00. The molecule has 0 saturated heterocycles. The zero-order valence-electron chi connectivity index (χ0n) is 11.4. The third kappa shape index (κ3) is 2.21. The Kier molecular flexibility index (Phi) is 3.28. The van der Waals surface area contributed by atoms with Crippen molar-refractivity contribution in [3.05, 3.63) is 58.7 Å². The number of aromatic carboxylic acids is 1. The van der Waals surface area contributed by atoms with Crippen molar-refractivity contribution in [2.75, 3.05) is 6.54 Å². The lowest BCUT2D eigenvalue weighted by Crippen LogP contribution is -2.25. The zero-order valence-corrected chi connectivity index (χ0v) is 11.4. The highest BCUT2D eigenvalue weighted by Gasteiger charge is 2.16. The minimum atomic E-state index is -0.880. The van der Waals surface area contributed by atoms with Gasteiger partial charge in [0.15, 0.2) is 0 Å². The fraction of sp³-hybridized carbons (Fsp3) is 0.235. The molecule has 0 unspecified atom stereocenters. The first-order chi connectivity index (χ1) is 9.66. The molecule has 0 amide bonds. The molecule has 20 heavy (non-hydrogen) atoms. The zero-order chi connectivity index (χ0) is 14.1. The lowest BCUT2D eigenvalue weighted by atomic mass is 9.88. The molecule has 0 atom stereocenters. The molecule has 0 aliphatic carbocycles. The van der Waals surface area contributed by atoms with Crippen LogP contribution in [0.5, 0.6) is 0 Å². The molecule has 102 valence electrons. The number of carboxylic acids is 1. The van der Waals surface area contributed by atoms with E-state index in [2.05, 4.69) is 24.4 Å². The van der Waals surface area contributed by atoms with Gasteiger partial charge in [-0.25, -0.2) is 4.79 Å². The molecular weight excluding hydrogens is 250 g/mol. The Morgan fingerprint density at radius 2 is 2.05 bits per heavy atom. The quantitative estimate of drug-likeness (QED) is 0.879. The summed E-state index contributed by atoms with van der Waals surface area (Å²) in [5.74, 6) is -0.880. The average molecular weight is 267 g/mol. The van der Waals surface area contributed by atoms with Gasteiger partial charge in [0.25, 0.3) is 0 Å². The van der Waals surface area contributed by atoms with Crippen LogP contribution >= 0.6 is 0 Å². The third-order valence-electron chi connectivity index (χ3n) is 3.94. The Morgan fingerprint density at radius 3 is 2.85 bits per heavy atom. The average Bonchev–Trinajstić information content (AvgIpc) is 2.48. The van der Waals surface area contributed by atoms with Crippen LogP contribution in [0.1, 0.15) is 27.0 Å². The molecule has 3 rings (SSSR count). The SMILES string of the molecule is Cc1ccc(-c2cccc(C(=O)O)c2)c2c1CNCC2. The Balaban J connectivity index is 2.15. The van der Waals surface area contributed by atoms with Crippen LogP contribution in [0.25, 0.3) is 11.1 Å². The van der Waals surface area contributed by atoms with Crippen molar-refractivity contribution in [1.29, 1.82) is 0 Å². The van der Waals surface area contributed by atoms with Crippen LogP contribution in [0.15, 0.2) is 36.4 Å². The van der Waals surface area contributed by atoms with E-state index in [4.69, 9.17) is 5.11 Å². The summed E-state index contributed by atoms with van der Waals surface area (Å²) in [4.78, 5) is 11.1. The molecule has 0 spiro atoms. The molecule has 3 nitrogen and oxygen atoms in total. The van der Waals surface area contributed by atoms with Gasteiger partial charge in [0.05, 0.1) is 5.56 Å². The topological polar surface area (TPSA) is 49.3 Å². The van der Waals surface area contributed by atoms with E-state index in [-0.39, 0.29) is 0 Å². The van der Waals surface area contributed by atoms with Gasteiger partial charge in [-0.2, -0.15) is 0 Å². The lowest BCUT2D eigenvalue weighted by molar-refractivity contribution is 0.0697. The van der Waals surface area contributed by atoms with E-state index in [1.165, 1.54) is 16.7 Å². The summed E-state index contributed by atoms with van der Waals surface area (Å²) in [6.07, 6.45) is 0.990. The number of hydrogen-bond acceptors (Lipinski definition) is 2. The molecular formula is C17H17NO2. The van der Waals surface area contributed by atoms with Gasteiger partial charge in [-0.05, 0) is 59.8 Å². The van der Waals surface area contributed by atoms with Crippen LogP contribution in [0.4, 0.5) is 0 Å². The maximum atomic E-state index is 11.1. The molecule has 1 aliphatic rings. The summed E-state index contributed by atoms with van der Waals surface area (Å²) in [7, 11) is 0. The minimum absolute atomic E-state index is 0.339. The predicted octanol–water partition coefficient (Wildman–Crippen LogP) is 3.01. The van der Waals surface area contributed by atoms with Crippen LogP contribution in [-0.4, -0.2) is 17.6 Å². The second-order valence-electron chi connectivity index (χ2n) is 5.20. The summed E-state index contributed by atoms with van der Waals surface area (Å²) >= 11 is 0. The van der Waals surface area contributed by atoms with E-state index in [9.17, 15) is 4.79 Å². The molecule has 0 bridgehead atoms. The van der Waals surface area contributed by atoms with Gasteiger partial charge in [0.1, 0.15) is 0 Å². The molecule has 0 fully saturated rings. The van der Waals surface area contributed by atoms with E-state index in [1.807, 2.05) is 12.1 Å². The van der Waals surface area contributed by atoms with Crippen LogP contribution < -0.4 is 5.32 Å². The fourth-order valence-electron chi connectivity index (χ4n) is 2.86. The third-order valence-corrected chi connectivity index (χ3v) is 3.94. The first-order valence-corrected chi connectivity index (χ1v) is 6.82. The number of nitrogens with one attached hydrogen (secondary N) is 1. The second-order valence-corrected chi connectivity index (χ2v) is 5.20. The van der Waals surface area contributed by atoms with Gasteiger partial charge >= 0.3 is 5.97 Å². The van der Waals surface area contributed by atoms with Gasteiger partial charge in [-0.15, -0.1) is 0 Å². The standard InChI is InChI=1S/C17H17NO2/c1-11-5-6-14(15-7-8-18-10-16(11)15)12-3-2-4-13(9-12)17(19)20/h2-6,9,18H,7-8,10H2,1H3,(H,19,20). The number of aryl methyl sites for hydroxylation is 1. The van der Waals surface area contributed by atoms with Crippen LogP contribution in [0.2, 0.25) is 0 Å². The molecule has 0 saturated carbocycles. The molecule has 0 aromatic heterocycles. The first-order valence-electron chi connectivity index (χ1n) is 6.82. The Labute approximate surface area is 118 Å². The highest BCUT2D eigenvalue weighted by molar-refractivity contribution is 5.89. The number of rotatable bonds is 2. The highest BCUT2D eigenvalue weighted by atomic mass is 16.4. The normalized spacial score (nSPS) is 13.8. The van der Waals surface area contributed by atoms with E-state index in [1.54, 1.807) is 12.1 Å². The van der Waals surface area contributed by atoms with E-state index in [0.717, 1.165) is 30.6 Å². The van der Waals surface area contributed by atoms with E-state index in [0.29, 0.717) is 5.56 Å². The smallest absolute Gasteiger partial charge is 0.335 e.